The number of halogens is 1. The predicted octanol–water partition coefficient (Wildman–Crippen LogP) is 2.65. The maximum Gasteiger partial charge on any atom is 0.328 e. The number of benzene rings is 1. The highest BCUT2D eigenvalue weighted by Gasteiger charge is 2.20. The van der Waals surface area contributed by atoms with Crippen molar-refractivity contribution in [3.05, 3.63) is 52.4 Å². The third kappa shape index (κ3) is 5.46. The number of nitrogens with one attached hydrogen (secondary N) is 2. The molecule has 0 fully saturated rings. The maximum atomic E-state index is 11.9. The van der Waals surface area contributed by atoms with E-state index in [9.17, 15) is 14.4 Å². The van der Waals surface area contributed by atoms with E-state index >= 15 is 0 Å². The lowest BCUT2D eigenvalue weighted by atomic mass is 10.2. The summed E-state index contributed by atoms with van der Waals surface area (Å²) in [6.45, 7) is 2.90. The summed E-state index contributed by atoms with van der Waals surface area (Å²) in [6, 6.07) is 7.44. The van der Waals surface area contributed by atoms with Crippen LogP contribution in [0.1, 0.15) is 23.0 Å². The minimum absolute atomic E-state index is 0.0861. The van der Waals surface area contributed by atoms with Crippen LogP contribution in [0, 0.1) is 6.92 Å². The van der Waals surface area contributed by atoms with Crippen molar-refractivity contribution in [1.29, 1.82) is 0 Å². The van der Waals surface area contributed by atoms with Crippen molar-refractivity contribution in [2.75, 3.05) is 11.9 Å². The number of hydrogen-bond donors (Lipinski definition) is 2. The van der Waals surface area contributed by atoms with Gasteiger partial charge >= 0.3 is 5.97 Å². The van der Waals surface area contributed by atoms with Gasteiger partial charge in [0.05, 0.1) is 6.26 Å². The Morgan fingerprint density at radius 2 is 2.04 bits per heavy atom. The first-order valence-electron chi connectivity index (χ1n) is 7.44. The summed E-state index contributed by atoms with van der Waals surface area (Å²) < 4.78 is 10.8. The molecule has 0 bridgehead atoms. The van der Waals surface area contributed by atoms with E-state index in [1.54, 1.807) is 18.2 Å². The van der Waals surface area contributed by atoms with Gasteiger partial charge in [-0.1, -0.05) is 15.9 Å². The molecule has 1 atom stereocenters. The van der Waals surface area contributed by atoms with Gasteiger partial charge in [0.1, 0.15) is 6.04 Å². The molecule has 0 spiro atoms. The SMILES string of the molecule is Cc1cc(NC(=O)COC(=O)[C@H](C)NC(=O)c2ccco2)ccc1Br. The molecule has 2 rings (SSSR count). The van der Waals surface area contributed by atoms with Crippen molar-refractivity contribution >= 4 is 39.4 Å². The summed E-state index contributed by atoms with van der Waals surface area (Å²) in [6.07, 6.45) is 1.35. The molecule has 132 valence electrons. The van der Waals surface area contributed by atoms with E-state index < -0.39 is 30.4 Å². The van der Waals surface area contributed by atoms with Crippen LogP contribution in [0.5, 0.6) is 0 Å². The molecular formula is C17H17BrN2O5. The Labute approximate surface area is 152 Å². The Balaban J connectivity index is 1.79. The molecule has 1 aromatic heterocycles. The van der Waals surface area contributed by atoms with Gasteiger partial charge in [-0.2, -0.15) is 0 Å². The van der Waals surface area contributed by atoms with Crippen LogP contribution in [0.2, 0.25) is 0 Å². The van der Waals surface area contributed by atoms with Gasteiger partial charge in [-0.05, 0) is 49.7 Å². The van der Waals surface area contributed by atoms with Crippen LogP contribution < -0.4 is 10.6 Å². The molecule has 0 radical (unpaired) electrons. The van der Waals surface area contributed by atoms with E-state index in [-0.39, 0.29) is 5.76 Å². The van der Waals surface area contributed by atoms with Gasteiger partial charge in [-0.3, -0.25) is 9.59 Å². The molecule has 2 N–H and O–H groups in total. The lowest BCUT2D eigenvalue weighted by Crippen LogP contribution is -2.40. The smallest absolute Gasteiger partial charge is 0.328 e. The number of carbonyl (C=O) groups is 3. The van der Waals surface area contributed by atoms with Crippen molar-refractivity contribution in [3.63, 3.8) is 0 Å². The number of hydrogen-bond acceptors (Lipinski definition) is 5. The van der Waals surface area contributed by atoms with E-state index in [4.69, 9.17) is 9.15 Å². The van der Waals surface area contributed by atoms with Gasteiger partial charge in [0.2, 0.25) is 0 Å². The molecule has 25 heavy (non-hydrogen) atoms. The Morgan fingerprint density at radius 3 is 2.68 bits per heavy atom. The van der Waals surface area contributed by atoms with Crippen LogP contribution in [0.15, 0.2) is 45.5 Å². The summed E-state index contributed by atoms with van der Waals surface area (Å²) in [5.74, 6) is -1.64. The van der Waals surface area contributed by atoms with Gasteiger partial charge in [0.15, 0.2) is 12.4 Å². The molecule has 7 nitrogen and oxygen atoms in total. The molecule has 0 saturated carbocycles. The molecule has 0 saturated heterocycles. The van der Waals surface area contributed by atoms with E-state index in [1.165, 1.54) is 19.3 Å². The largest absolute Gasteiger partial charge is 0.459 e. The van der Waals surface area contributed by atoms with E-state index in [1.807, 2.05) is 13.0 Å². The minimum Gasteiger partial charge on any atom is -0.459 e. The lowest BCUT2D eigenvalue weighted by Gasteiger charge is -2.13. The van der Waals surface area contributed by atoms with Gasteiger partial charge in [-0.25, -0.2) is 4.79 Å². The Bertz CT molecular complexity index is 773. The van der Waals surface area contributed by atoms with Gasteiger partial charge in [0, 0.05) is 10.2 Å². The first kappa shape index (κ1) is 18.7. The first-order valence-corrected chi connectivity index (χ1v) is 8.23. The number of furan rings is 1. The van der Waals surface area contributed by atoms with Crippen LogP contribution >= 0.6 is 15.9 Å². The van der Waals surface area contributed by atoms with Crippen molar-refractivity contribution in [2.24, 2.45) is 0 Å². The second-order valence-corrected chi connectivity index (χ2v) is 6.15. The zero-order chi connectivity index (χ0) is 18.4. The molecular weight excluding hydrogens is 392 g/mol. The van der Waals surface area contributed by atoms with Crippen molar-refractivity contribution in [2.45, 2.75) is 19.9 Å². The molecule has 0 aliphatic carbocycles. The number of anilines is 1. The van der Waals surface area contributed by atoms with Gasteiger partial charge in [-0.15, -0.1) is 0 Å². The molecule has 2 amide bonds. The predicted molar refractivity (Wildman–Crippen MR) is 94.1 cm³/mol. The third-order valence-electron chi connectivity index (χ3n) is 3.23. The Kier molecular flexibility index (Phi) is 6.35. The Morgan fingerprint density at radius 1 is 1.28 bits per heavy atom. The second kappa shape index (κ2) is 8.48. The summed E-state index contributed by atoms with van der Waals surface area (Å²) in [4.78, 5) is 35.5. The average molecular weight is 409 g/mol. The monoisotopic (exact) mass is 408 g/mol. The van der Waals surface area contributed by atoms with Gasteiger partial charge < -0.3 is 19.8 Å². The Hall–Kier alpha value is -2.61. The van der Waals surface area contributed by atoms with Gasteiger partial charge in [0.25, 0.3) is 11.8 Å². The number of esters is 1. The first-order chi connectivity index (χ1) is 11.9. The average Bonchev–Trinajstić information content (AvgIpc) is 3.10. The van der Waals surface area contributed by atoms with E-state index in [2.05, 4.69) is 26.6 Å². The van der Waals surface area contributed by atoms with E-state index in [0.29, 0.717) is 5.69 Å². The topological polar surface area (TPSA) is 97.6 Å². The normalized spacial score (nSPS) is 11.5. The molecule has 8 heteroatoms. The van der Waals surface area contributed by atoms with Crippen LogP contribution in [0.3, 0.4) is 0 Å². The maximum absolute atomic E-state index is 11.9. The fourth-order valence-corrected chi connectivity index (χ4v) is 2.16. The third-order valence-corrected chi connectivity index (χ3v) is 4.12. The zero-order valence-corrected chi connectivity index (χ0v) is 15.3. The van der Waals surface area contributed by atoms with Crippen LogP contribution in [0.25, 0.3) is 0 Å². The molecule has 0 aliphatic rings. The van der Waals surface area contributed by atoms with Crippen molar-refractivity contribution in [1.82, 2.24) is 5.32 Å². The summed E-state index contributed by atoms with van der Waals surface area (Å²) >= 11 is 3.37. The molecule has 0 aliphatic heterocycles. The van der Waals surface area contributed by atoms with Crippen LogP contribution in [0.4, 0.5) is 5.69 Å². The minimum atomic E-state index is -0.916. The quantitative estimate of drug-likeness (QED) is 0.715. The standard InChI is InChI=1S/C17H17BrN2O5/c1-10-8-12(5-6-13(10)18)20-15(21)9-25-17(23)11(2)19-16(22)14-4-3-7-24-14/h3-8,11H,9H2,1-2H3,(H,19,22)(H,20,21)/t11-/m0/s1. The molecule has 2 aromatic rings. The highest BCUT2D eigenvalue weighted by molar-refractivity contribution is 9.10. The fraction of sp³-hybridized carbons (Fsp3) is 0.235. The summed E-state index contributed by atoms with van der Waals surface area (Å²) in [7, 11) is 0. The number of rotatable bonds is 6. The number of aryl methyl sites for hydroxylation is 1. The van der Waals surface area contributed by atoms with Crippen LogP contribution in [-0.2, 0) is 14.3 Å². The van der Waals surface area contributed by atoms with E-state index in [0.717, 1.165) is 10.0 Å². The van der Waals surface area contributed by atoms with Crippen molar-refractivity contribution in [3.8, 4) is 0 Å². The number of ether oxygens (including phenoxy) is 1. The summed E-state index contributed by atoms with van der Waals surface area (Å²) in [5.41, 5.74) is 1.56. The van der Waals surface area contributed by atoms with Crippen LogP contribution in [-0.4, -0.2) is 30.4 Å². The molecule has 0 unspecified atom stereocenters. The fourth-order valence-electron chi connectivity index (χ4n) is 1.92. The highest BCUT2D eigenvalue weighted by Crippen LogP contribution is 2.19. The zero-order valence-electron chi connectivity index (χ0n) is 13.7. The summed E-state index contributed by atoms with van der Waals surface area (Å²) in [5, 5.41) is 5.05. The molecule has 1 heterocycles. The highest BCUT2D eigenvalue weighted by atomic mass is 79.9. The number of amides is 2. The lowest BCUT2D eigenvalue weighted by molar-refractivity contribution is -0.148. The molecule has 1 aromatic carbocycles. The second-order valence-electron chi connectivity index (χ2n) is 5.29. The van der Waals surface area contributed by atoms with Crippen molar-refractivity contribution < 1.29 is 23.5 Å². The number of carbonyl (C=O) groups excluding carboxylic acids is 3.